The maximum absolute atomic E-state index is 11.0. The van der Waals surface area contributed by atoms with Gasteiger partial charge in [-0.05, 0) is 31.5 Å². The second-order valence-electron chi connectivity index (χ2n) is 4.03. The molecule has 2 atom stereocenters. The number of hydrogen-bond donors (Lipinski definition) is 2. The Bertz CT molecular complexity index is 454. The quantitative estimate of drug-likeness (QED) is 0.781. The Kier molecular flexibility index (Phi) is 4.98. The third-order valence-corrected chi connectivity index (χ3v) is 3.21. The molecule has 0 saturated carbocycles. The van der Waals surface area contributed by atoms with Crippen LogP contribution < -0.4 is 11.1 Å². The maximum Gasteiger partial charge on any atom is 0.101 e. The van der Waals surface area contributed by atoms with Crippen LogP contribution in [0.15, 0.2) is 18.2 Å². The molecule has 0 saturated heterocycles. The fourth-order valence-corrected chi connectivity index (χ4v) is 2.15. The fraction of sp³-hybridized carbons (Fsp3) is 0.417. The first-order valence-electron chi connectivity index (χ1n) is 5.39. The van der Waals surface area contributed by atoms with Crippen LogP contribution in [0, 0.1) is 11.3 Å². The van der Waals surface area contributed by atoms with Crippen molar-refractivity contribution in [2.45, 2.75) is 19.4 Å². The first-order chi connectivity index (χ1) is 8.02. The number of nitrogens with one attached hydrogen (secondary N) is 1. The summed E-state index contributed by atoms with van der Waals surface area (Å²) in [4.78, 5) is 0. The average Bonchev–Trinajstić information content (AvgIpc) is 2.28. The van der Waals surface area contributed by atoms with Crippen molar-refractivity contribution in [1.82, 2.24) is 0 Å². The van der Waals surface area contributed by atoms with Crippen molar-refractivity contribution >= 4 is 22.2 Å². The zero-order chi connectivity index (χ0) is 12.8. The lowest BCUT2D eigenvalue weighted by molar-refractivity contribution is 0.678. The van der Waals surface area contributed by atoms with Gasteiger partial charge >= 0.3 is 0 Å². The van der Waals surface area contributed by atoms with Gasteiger partial charge in [-0.2, -0.15) is 5.26 Å². The summed E-state index contributed by atoms with van der Waals surface area (Å²) < 4.78 is 11.0. The Morgan fingerprint density at radius 2 is 2.29 bits per heavy atom. The van der Waals surface area contributed by atoms with E-state index in [-0.39, 0.29) is 6.04 Å². The minimum atomic E-state index is -0.780. The highest BCUT2D eigenvalue weighted by atomic mass is 32.2. The molecule has 0 aliphatic carbocycles. The highest BCUT2D eigenvalue weighted by Gasteiger charge is 2.07. The van der Waals surface area contributed by atoms with E-state index in [2.05, 4.69) is 11.4 Å². The third kappa shape index (κ3) is 4.45. The minimum absolute atomic E-state index is 0.176. The molecule has 4 nitrogen and oxygen atoms in total. The normalized spacial score (nSPS) is 13.7. The molecule has 0 fully saturated rings. The van der Waals surface area contributed by atoms with Crippen molar-refractivity contribution in [3.05, 3.63) is 23.8 Å². The van der Waals surface area contributed by atoms with E-state index < -0.39 is 10.8 Å². The van der Waals surface area contributed by atoms with Gasteiger partial charge in [0, 0.05) is 34.5 Å². The summed E-state index contributed by atoms with van der Waals surface area (Å²) in [5.74, 6) is 0.658. The van der Waals surface area contributed by atoms with Crippen LogP contribution in [-0.4, -0.2) is 22.3 Å². The van der Waals surface area contributed by atoms with E-state index in [1.807, 2.05) is 6.92 Å². The van der Waals surface area contributed by atoms with Gasteiger partial charge in [-0.25, -0.2) is 0 Å². The average molecular weight is 251 g/mol. The molecule has 0 bridgehead atoms. The van der Waals surface area contributed by atoms with E-state index in [0.29, 0.717) is 17.0 Å². The number of anilines is 2. The summed E-state index contributed by atoms with van der Waals surface area (Å²) in [6.45, 7) is 2.00. The van der Waals surface area contributed by atoms with Gasteiger partial charge in [0.15, 0.2) is 0 Å². The van der Waals surface area contributed by atoms with Gasteiger partial charge in [0.1, 0.15) is 6.07 Å². The van der Waals surface area contributed by atoms with Gasteiger partial charge in [0.2, 0.25) is 0 Å². The summed E-state index contributed by atoms with van der Waals surface area (Å²) in [5, 5.41) is 12.2. The van der Waals surface area contributed by atoms with E-state index in [1.54, 1.807) is 24.5 Å². The molecule has 0 aliphatic heterocycles. The molecule has 0 amide bonds. The molecule has 92 valence electrons. The maximum atomic E-state index is 11.0. The first kappa shape index (κ1) is 13.5. The van der Waals surface area contributed by atoms with Crippen LogP contribution in [0.25, 0.3) is 0 Å². The molecular formula is C12H17N3OS. The lowest BCUT2D eigenvalue weighted by Gasteiger charge is -2.15. The number of nitriles is 1. The Morgan fingerprint density at radius 3 is 2.88 bits per heavy atom. The van der Waals surface area contributed by atoms with Crippen LogP contribution >= 0.6 is 0 Å². The molecule has 0 radical (unpaired) electrons. The van der Waals surface area contributed by atoms with Crippen molar-refractivity contribution in [1.29, 1.82) is 5.26 Å². The Balaban J connectivity index is 2.68. The van der Waals surface area contributed by atoms with Crippen LogP contribution in [0.4, 0.5) is 11.4 Å². The van der Waals surface area contributed by atoms with E-state index in [1.165, 1.54) is 0 Å². The molecule has 3 N–H and O–H groups in total. The molecule has 1 aromatic rings. The van der Waals surface area contributed by atoms with E-state index in [9.17, 15) is 4.21 Å². The molecule has 2 unspecified atom stereocenters. The van der Waals surface area contributed by atoms with Gasteiger partial charge in [0.05, 0.1) is 11.3 Å². The zero-order valence-corrected chi connectivity index (χ0v) is 10.9. The summed E-state index contributed by atoms with van der Waals surface area (Å²) in [5.41, 5.74) is 7.50. The Hall–Kier alpha value is -1.54. The second-order valence-corrected chi connectivity index (χ2v) is 5.58. The molecular weight excluding hydrogens is 234 g/mol. The molecule has 0 spiro atoms. The van der Waals surface area contributed by atoms with Gasteiger partial charge in [0.25, 0.3) is 0 Å². The summed E-state index contributed by atoms with van der Waals surface area (Å²) >= 11 is 0. The largest absolute Gasteiger partial charge is 0.399 e. The van der Waals surface area contributed by atoms with Crippen molar-refractivity contribution in [3.63, 3.8) is 0 Å². The van der Waals surface area contributed by atoms with E-state index in [0.717, 1.165) is 12.1 Å². The van der Waals surface area contributed by atoms with Gasteiger partial charge in [-0.15, -0.1) is 0 Å². The molecule has 0 aliphatic rings. The highest BCUT2D eigenvalue weighted by molar-refractivity contribution is 7.84. The van der Waals surface area contributed by atoms with Crippen molar-refractivity contribution in [3.8, 4) is 6.07 Å². The predicted octanol–water partition coefficient (Wildman–Crippen LogP) is 1.71. The Labute approximate surface area is 104 Å². The van der Waals surface area contributed by atoms with E-state index >= 15 is 0 Å². The van der Waals surface area contributed by atoms with Crippen LogP contribution in [-0.2, 0) is 10.8 Å². The number of hydrogen-bond acceptors (Lipinski definition) is 4. The van der Waals surface area contributed by atoms with Crippen molar-refractivity contribution < 1.29 is 4.21 Å². The van der Waals surface area contributed by atoms with Crippen molar-refractivity contribution in [2.24, 2.45) is 0 Å². The second kappa shape index (κ2) is 6.26. The molecule has 5 heteroatoms. The third-order valence-electron chi connectivity index (χ3n) is 2.40. The Morgan fingerprint density at radius 1 is 1.59 bits per heavy atom. The van der Waals surface area contributed by atoms with Gasteiger partial charge in [-0.3, -0.25) is 4.21 Å². The van der Waals surface area contributed by atoms with Gasteiger partial charge in [-0.1, -0.05) is 0 Å². The highest BCUT2D eigenvalue weighted by Crippen LogP contribution is 2.19. The van der Waals surface area contributed by atoms with Crippen LogP contribution in [0.1, 0.15) is 18.9 Å². The number of benzene rings is 1. The number of nitrogens with zero attached hydrogens (tertiary/aromatic N) is 1. The number of nitrogen functional groups attached to an aromatic ring is 1. The number of nitrogens with two attached hydrogens (primary N) is 1. The van der Waals surface area contributed by atoms with E-state index in [4.69, 9.17) is 11.0 Å². The lowest BCUT2D eigenvalue weighted by Crippen LogP contribution is -2.18. The first-order valence-corrected chi connectivity index (χ1v) is 7.12. The molecule has 1 rings (SSSR count). The summed E-state index contributed by atoms with van der Waals surface area (Å²) in [7, 11) is -0.780. The zero-order valence-electron chi connectivity index (χ0n) is 10.1. The fourth-order valence-electron chi connectivity index (χ4n) is 1.46. The summed E-state index contributed by atoms with van der Waals surface area (Å²) in [6, 6.07) is 7.48. The minimum Gasteiger partial charge on any atom is -0.399 e. The van der Waals surface area contributed by atoms with Crippen LogP contribution in [0.5, 0.6) is 0 Å². The lowest BCUT2D eigenvalue weighted by atomic mass is 10.1. The van der Waals surface area contributed by atoms with Crippen molar-refractivity contribution in [2.75, 3.05) is 23.1 Å². The number of rotatable bonds is 5. The molecule has 0 aromatic heterocycles. The molecule has 1 aromatic carbocycles. The monoisotopic (exact) mass is 251 g/mol. The standard InChI is InChI=1S/C12H17N3OS/c1-9(5-6-17(2)16)15-12-4-3-11(14)7-10(12)8-13/h3-4,7,9,15H,5-6,14H2,1-2H3. The van der Waals surface area contributed by atoms with Crippen LogP contribution in [0.2, 0.25) is 0 Å². The summed E-state index contributed by atoms with van der Waals surface area (Å²) in [6.07, 6.45) is 2.50. The molecule has 0 heterocycles. The SMILES string of the molecule is CC(CCS(C)=O)Nc1ccc(N)cc1C#N. The smallest absolute Gasteiger partial charge is 0.101 e. The molecule has 17 heavy (non-hydrogen) atoms. The van der Waals surface area contributed by atoms with Crippen LogP contribution in [0.3, 0.4) is 0 Å². The topological polar surface area (TPSA) is 78.9 Å². The predicted molar refractivity (Wildman–Crippen MR) is 72.2 cm³/mol. The van der Waals surface area contributed by atoms with Gasteiger partial charge < -0.3 is 11.1 Å².